The fraction of sp³-hybridized carbons (Fsp3) is 0.600. The van der Waals surface area contributed by atoms with Crippen molar-refractivity contribution in [1.29, 1.82) is 0 Å². The maximum Gasteiger partial charge on any atom is 0.128 e. The van der Waals surface area contributed by atoms with E-state index in [1.165, 1.54) is 18.4 Å². The second-order valence-electron chi connectivity index (χ2n) is 5.29. The third kappa shape index (κ3) is 2.46. The Morgan fingerprint density at radius 3 is 2.44 bits per heavy atom. The summed E-state index contributed by atoms with van der Waals surface area (Å²) in [5, 5.41) is 3.30. The number of methoxy groups -OCH3 is 2. The van der Waals surface area contributed by atoms with Crippen molar-refractivity contribution in [3.05, 3.63) is 23.3 Å². The molecule has 0 aromatic heterocycles. The first-order valence-corrected chi connectivity index (χ1v) is 6.51. The SMILES string of the molecule is CNCC1(Cc2ccc(OC)c(C)c2OC)CC1. The van der Waals surface area contributed by atoms with Crippen LogP contribution in [0, 0.1) is 12.3 Å². The van der Waals surface area contributed by atoms with Gasteiger partial charge in [0.1, 0.15) is 11.5 Å². The van der Waals surface area contributed by atoms with E-state index in [9.17, 15) is 0 Å². The molecule has 1 saturated carbocycles. The minimum Gasteiger partial charge on any atom is -0.496 e. The molecule has 18 heavy (non-hydrogen) atoms. The highest BCUT2D eigenvalue weighted by Gasteiger charge is 2.42. The van der Waals surface area contributed by atoms with E-state index in [4.69, 9.17) is 9.47 Å². The number of rotatable bonds is 6. The Bertz CT molecular complexity index is 425. The Hall–Kier alpha value is -1.22. The molecule has 1 aromatic carbocycles. The lowest BCUT2D eigenvalue weighted by molar-refractivity contribution is 0.379. The summed E-state index contributed by atoms with van der Waals surface area (Å²) in [7, 11) is 5.46. The molecule has 0 aliphatic heterocycles. The summed E-state index contributed by atoms with van der Waals surface area (Å²) in [4.78, 5) is 0. The first-order chi connectivity index (χ1) is 8.65. The summed E-state index contributed by atoms with van der Waals surface area (Å²) in [5.41, 5.74) is 2.84. The van der Waals surface area contributed by atoms with Gasteiger partial charge in [0.15, 0.2) is 0 Å². The standard InChI is InChI=1S/C15H23NO2/c1-11-13(17-3)6-5-12(14(11)18-4)9-15(7-8-15)10-16-2/h5-6,16H,7-10H2,1-4H3. The van der Waals surface area contributed by atoms with Gasteiger partial charge in [-0.05, 0) is 50.3 Å². The Kier molecular flexibility index (Phi) is 3.81. The van der Waals surface area contributed by atoms with Gasteiger partial charge in [-0.25, -0.2) is 0 Å². The summed E-state index contributed by atoms with van der Waals surface area (Å²) in [5.74, 6) is 1.88. The van der Waals surface area contributed by atoms with Crippen LogP contribution in [-0.4, -0.2) is 27.8 Å². The molecule has 1 aliphatic carbocycles. The Balaban J connectivity index is 2.25. The summed E-state index contributed by atoms with van der Waals surface area (Å²) < 4.78 is 10.9. The fourth-order valence-electron chi connectivity index (χ4n) is 2.75. The summed E-state index contributed by atoms with van der Waals surface area (Å²) in [6.45, 7) is 3.14. The zero-order valence-corrected chi connectivity index (χ0v) is 11.8. The van der Waals surface area contributed by atoms with Crippen LogP contribution in [0.3, 0.4) is 0 Å². The molecule has 0 atom stereocenters. The van der Waals surface area contributed by atoms with Crippen LogP contribution in [0.15, 0.2) is 12.1 Å². The van der Waals surface area contributed by atoms with Gasteiger partial charge < -0.3 is 14.8 Å². The maximum atomic E-state index is 5.57. The Morgan fingerprint density at radius 2 is 1.94 bits per heavy atom. The van der Waals surface area contributed by atoms with Crippen LogP contribution in [0.4, 0.5) is 0 Å². The summed E-state index contributed by atoms with van der Waals surface area (Å²) >= 11 is 0. The van der Waals surface area contributed by atoms with Crippen molar-refractivity contribution in [3.63, 3.8) is 0 Å². The van der Waals surface area contributed by atoms with Crippen LogP contribution >= 0.6 is 0 Å². The van der Waals surface area contributed by atoms with Crippen molar-refractivity contribution in [3.8, 4) is 11.5 Å². The van der Waals surface area contributed by atoms with E-state index >= 15 is 0 Å². The molecule has 0 spiro atoms. The van der Waals surface area contributed by atoms with Gasteiger partial charge in [-0.1, -0.05) is 6.07 Å². The largest absolute Gasteiger partial charge is 0.496 e. The molecule has 0 amide bonds. The number of benzene rings is 1. The molecule has 1 fully saturated rings. The maximum absolute atomic E-state index is 5.57. The highest BCUT2D eigenvalue weighted by atomic mass is 16.5. The molecule has 0 bridgehead atoms. The van der Waals surface area contributed by atoms with Crippen molar-refractivity contribution in [2.24, 2.45) is 5.41 Å². The minimum atomic E-state index is 0.447. The third-order valence-corrected chi connectivity index (χ3v) is 3.94. The van der Waals surface area contributed by atoms with Crippen LogP contribution in [-0.2, 0) is 6.42 Å². The van der Waals surface area contributed by atoms with Gasteiger partial charge in [-0.3, -0.25) is 0 Å². The smallest absolute Gasteiger partial charge is 0.128 e. The zero-order chi connectivity index (χ0) is 13.2. The minimum absolute atomic E-state index is 0.447. The first kappa shape index (κ1) is 13.2. The average molecular weight is 249 g/mol. The van der Waals surface area contributed by atoms with E-state index in [-0.39, 0.29) is 0 Å². The molecule has 0 heterocycles. The highest BCUT2D eigenvalue weighted by Crippen LogP contribution is 2.49. The molecule has 0 radical (unpaired) electrons. The van der Waals surface area contributed by atoms with E-state index < -0.39 is 0 Å². The van der Waals surface area contributed by atoms with E-state index in [0.717, 1.165) is 30.0 Å². The van der Waals surface area contributed by atoms with E-state index in [2.05, 4.69) is 18.3 Å². The topological polar surface area (TPSA) is 30.5 Å². The fourth-order valence-corrected chi connectivity index (χ4v) is 2.75. The van der Waals surface area contributed by atoms with Gasteiger partial charge >= 0.3 is 0 Å². The second kappa shape index (κ2) is 5.19. The molecule has 0 saturated heterocycles. The zero-order valence-electron chi connectivity index (χ0n) is 11.8. The lowest BCUT2D eigenvalue weighted by atomic mass is 9.94. The molecule has 1 N–H and O–H groups in total. The van der Waals surface area contributed by atoms with E-state index in [0.29, 0.717) is 5.41 Å². The van der Waals surface area contributed by atoms with Crippen molar-refractivity contribution in [2.45, 2.75) is 26.2 Å². The van der Waals surface area contributed by atoms with Gasteiger partial charge in [-0.2, -0.15) is 0 Å². The Labute approximate surface area is 109 Å². The normalized spacial score (nSPS) is 16.4. The lowest BCUT2D eigenvalue weighted by Crippen LogP contribution is -2.22. The van der Waals surface area contributed by atoms with Gasteiger partial charge in [-0.15, -0.1) is 0 Å². The predicted molar refractivity (Wildman–Crippen MR) is 73.6 cm³/mol. The van der Waals surface area contributed by atoms with Gasteiger partial charge in [0.2, 0.25) is 0 Å². The molecule has 0 unspecified atom stereocenters. The lowest BCUT2D eigenvalue weighted by Gasteiger charge is -2.19. The molecule has 1 aromatic rings. The monoisotopic (exact) mass is 249 g/mol. The van der Waals surface area contributed by atoms with Crippen molar-refractivity contribution >= 4 is 0 Å². The van der Waals surface area contributed by atoms with Crippen molar-refractivity contribution in [2.75, 3.05) is 27.8 Å². The molecule has 3 nitrogen and oxygen atoms in total. The summed E-state index contributed by atoms with van der Waals surface area (Å²) in [6, 6.07) is 4.18. The number of hydrogen-bond acceptors (Lipinski definition) is 3. The van der Waals surface area contributed by atoms with E-state index in [1.807, 2.05) is 13.1 Å². The molecular formula is C15H23NO2. The predicted octanol–water partition coefficient (Wildman–Crippen LogP) is 2.55. The quantitative estimate of drug-likeness (QED) is 0.840. The molecule has 3 heteroatoms. The second-order valence-corrected chi connectivity index (χ2v) is 5.29. The first-order valence-electron chi connectivity index (χ1n) is 6.51. The third-order valence-electron chi connectivity index (χ3n) is 3.94. The molecule has 2 rings (SSSR count). The summed E-state index contributed by atoms with van der Waals surface area (Å²) in [6.07, 6.45) is 3.70. The molecular weight excluding hydrogens is 226 g/mol. The molecule has 100 valence electrons. The van der Waals surface area contributed by atoms with Crippen LogP contribution in [0.1, 0.15) is 24.0 Å². The van der Waals surface area contributed by atoms with Crippen molar-refractivity contribution in [1.82, 2.24) is 5.32 Å². The van der Waals surface area contributed by atoms with Gasteiger partial charge in [0.25, 0.3) is 0 Å². The average Bonchev–Trinajstić information content (AvgIpc) is 3.10. The highest BCUT2D eigenvalue weighted by molar-refractivity contribution is 5.49. The van der Waals surface area contributed by atoms with Crippen LogP contribution < -0.4 is 14.8 Å². The number of nitrogens with one attached hydrogen (secondary N) is 1. The van der Waals surface area contributed by atoms with Gasteiger partial charge in [0, 0.05) is 12.1 Å². The van der Waals surface area contributed by atoms with E-state index in [1.54, 1.807) is 14.2 Å². The number of hydrogen-bond donors (Lipinski definition) is 1. The van der Waals surface area contributed by atoms with Gasteiger partial charge in [0.05, 0.1) is 14.2 Å². The molecule has 1 aliphatic rings. The van der Waals surface area contributed by atoms with Crippen LogP contribution in [0.25, 0.3) is 0 Å². The van der Waals surface area contributed by atoms with Crippen molar-refractivity contribution < 1.29 is 9.47 Å². The van der Waals surface area contributed by atoms with Crippen LogP contribution in [0.5, 0.6) is 11.5 Å². The Morgan fingerprint density at radius 1 is 1.22 bits per heavy atom. The van der Waals surface area contributed by atoms with Crippen LogP contribution in [0.2, 0.25) is 0 Å². The number of ether oxygens (including phenoxy) is 2.